The Balaban J connectivity index is 1.32. The zero-order valence-corrected chi connectivity index (χ0v) is 17.8. The number of hydrogen-bond acceptors (Lipinski definition) is 5. The number of benzene rings is 2. The summed E-state index contributed by atoms with van der Waals surface area (Å²) in [5, 5.41) is 14.6. The minimum absolute atomic E-state index is 0.109. The molecule has 1 aliphatic rings. The van der Waals surface area contributed by atoms with E-state index in [2.05, 4.69) is 20.8 Å². The Morgan fingerprint density at radius 2 is 1.84 bits per heavy atom. The second kappa shape index (κ2) is 9.22. The summed E-state index contributed by atoms with van der Waals surface area (Å²) < 4.78 is 13.7. The number of urea groups is 1. The summed E-state index contributed by atoms with van der Waals surface area (Å²) in [6, 6.07) is 13.5. The van der Waals surface area contributed by atoms with Crippen molar-refractivity contribution in [3.05, 3.63) is 69.9 Å². The Hall–Kier alpha value is -3.33. The molecule has 0 unspecified atom stereocenters. The molecule has 2 heterocycles. The number of nitrogens with zero attached hydrogens (tertiary/aromatic N) is 3. The molecular weight excluding hydrogens is 417 g/mol. The summed E-state index contributed by atoms with van der Waals surface area (Å²) >= 11 is 1.21. The molecule has 1 aromatic heterocycles. The molecule has 1 aliphatic heterocycles. The normalized spacial score (nSPS) is 14.3. The van der Waals surface area contributed by atoms with Gasteiger partial charge in [0, 0.05) is 24.7 Å². The van der Waals surface area contributed by atoms with Crippen LogP contribution >= 0.6 is 11.3 Å². The van der Waals surface area contributed by atoms with Crippen LogP contribution in [-0.4, -0.2) is 40.1 Å². The van der Waals surface area contributed by atoms with Gasteiger partial charge in [-0.15, -0.1) is 10.2 Å². The minimum atomic E-state index is -0.503. The van der Waals surface area contributed by atoms with Gasteiger partial charge in [0.2, 0.25) is 5.01 Å². The first-order valence-electron chi connectivity index (χ1n) is 10.0. The van der Waals surface area contributed by atoms with Gasteiger partial charge >= 0.3 is 6.03 Å². The molecule has 9 heteroatoms. The van der Waals surface area contributed by atoms with Crippen molar-refractivity contribution in [3.63, 3.8) is 0 Å². The molecule has 3 amide bonds. The smallest absolute Gasteiger partial charge is 0.321 e. The molecule has 0 aliphatic carbocycles. The first kappa shape index (κ1) is 20.9. The Morgan fingerprint density at radius 3 is 2.58 bits per heavy atom. The number of amides is 3. The molecular formula is C22H22FN5O2S. The molecule has 160 valence electrons. The number of likely N-dealkylation sites (tertiary alicyclic amines) is 1. The van der Waals surface area contributed by atoms with E-state index >= 15 is 0 Å². The highest BCUT2D eigenvalue weighted by molar-refractivity contribution is 7.13. The Kier molecular flexibility index (Phi) is 6.22. The second-order valence-corrected chi connectivity index (χ2v) is 8.45. The van der Waals surface area contributed by atoms with Crippen LogP contribution in [0.15, 0.2) is 48.5 Å². The predicted molar refractivity (Wildman–Crippen MR) is 118 cm³/mol. The van der Waals surface area contributed by atoms with E-state index in [0.29, 0.717) is 13.1 Å². The van der Waals surface area contributed by atoms with E-state index in [9.17, 15) is 14.0 Å². The number of anilines is 2. The molecule has 0 saturated carbocycles. The zero-order valence-electron chi connectivity index (χ0n) is 17.0. The predicted octanol–water partition coefficient (Wildman–Crippen LogP) is 4.65. The van der Waals surface area contributed by atoms with Crippen molar-refractivity contribution in [1.82, 2.24) is 15.1 Å². The highest BCUT2D eigenvalue weighted by atomic mass is 32.1. The third-order valence-electron chi connectivity index (χ3n) is 5.16. The monoisotopic (exact) mass is 439 g/mol. The highest BCUT2D eigenvalue weighted by Crippen LogP contribution is 2.30. The summed E-state index contributed by atoms with van der Waals surface area (Å²) in [5.41, 5.74) is 1.97. The van der Waals surface area contributed by atoms with E-state index in [1.807, 2.05) is 31.2 Å². The van der Waals surface area contributed by atoms with Crippen LogP contribution in [0.3, 0.4) is 0 Å². The van der Waals surface area contributed by atoms with E-state index in [1.165, 1.54) is 23.5 Å². The number of nitrogens with one attached hydrogen (secondary N) is 2. The van der Waals surface area contributed by atoms with Crippen LogP contribution < -0.4 is 10.6 Å². The average molecular weight is 440 g/mol. The van der Waals surface area contributed by atoms with E-state index in [1.54, 1.807) is 17.0 Å². The van der Waals surface area contributed by atoms with Gasteiger partial charge in [0.15, 0.2) is 0 Å². The van der Waals surface area contributed by atoms with Gasteiger partial charge in [-0.25, -0.2) is 9.18 Å². The molecule has 1 fully saturated rings. The summed E-state index contributed by atoms with van der Waals surface area (Å²) in [7, 11) is 0. The van der Waals surface area contributed by atoms with Crippen molar-refractivity contribution < 1.29 is 14.0 Å². The molecule has 3 aromatic rings. The lowest BCUT2D eigenvalue weighted by molar-refractivity contribution is 0.102. The SMILES string of the molecule is Cc1cccc(NC(=O)N2CCC(c3nnc(C(=O)Nc4ccccc4F)s3)CC2)c1. The van der Waals surface area contributed by atoms with Gasteiger partial charge in [0.1, 0.15) is 10.8 Å². The minimum Gasteiger partial charge on any atom is -0.324 e. The largest absolute Gasteiger partial charge is 0.324 e. The molecule has 0 bridgehead atoms. The van der Waals surface area contributed by atoms with Crippen molar-refractivity contribution in [2.24, 2.45) is 0 Å². The van der Waals surface area contributed by atoms with Crippen LogP contribution in [0.4, 0.5) is 20.6 Å². The average Bonchev–Trinajstić information content (AvgIpc) is 3.26. The summed E-state index contributed by atoms with van der Waals surface area (Å²) in [6.07, 6.45) is 1.48. The lowest BCUT2D eigenvalue weighted by atomic mass is 9.98. The summed E-state index contributed by atoms with van der Waals surface area (Å²) in [6.45, 7) is 3.17. The third-order valence-corrected chi connectivity index (χ3v) is 6.24. The van der Waals surface area contributed by atoms with E-state index in [0.717, 1.165) is 29.1 Å². The molecule has 2 aromatic carbocycles. The van der Waals surface area contributed by atoms with Crippen LogP contribution in [0, 0.1) is 12.7 Å². The van der Waals surface area contributed by atoms with Crippen LogP contribution in [0.2, 0.25) is 0 Å². The van der Waals surface area contributed by atoms with Gasteiger partial charge in [-0.1, -0.05) is 35.6 Å². The Bertz CT molecular complexity index is 1090. The highest BCUT2D eigenvalue weighted by Gasteiger charge is 2.27. The lowest BCUT2D eigenvalue weighted by Gasteiger charge is -2.31. The molecule has 7 nitrogen and oxygen atoms in total. The van der Waals surface area contributed by atoms with Crippen LogP contribution in [0.5, 0.6) is 0 Å². The van der Waals surface area contributed by atoms with Crippen LogP contribution in [0.1, 0.15) is 39.1 Å². The Morgan fingerprint density at radius 1 is 1.06 bits per heavy atom. The number of halogens is 1. The maximum atomic E-state index is 13.7. The zero-order chi connectivity index (χ0) is 21.8. The van der Waals surface area contributed by atoms with Crippen molar-refractivity contribution >= 4 is 34.6 Å². The third kappa shape index (κ3) is 5.05. The van der Waals surface area contributed by atoms with Gasteiger partial charge < -0.3 is 15.5 Å². The molecule has 0 radical (unpaired) electrons. The van der Waals surface area contributed by atoms with Crippen molar-refractivity contribution in [2.75, 3.05) is 23.7 Å². The van der Waals surface area contributed by atoms with Gasteiger partial charge in [0.05, 0.1) is 5.69 Å². The van der Waals surface area contributed by atoms with Crippen molar-refractivity contribution in [2.45, 2.75) is 25.7 Å². The van der Waals surface area contributed by atoms with Crippen LogP contribution in [-0.2, 0) is 0 Å². The van der Waals surface area contributed by atoms with Gasteiger partial charge in [-0.2, -0.15) is 0 Å². The molecule has 1 saturated heterocycles. The molecule has 0 atom stereocenters. The first-order valence-corrected chi connectivity index (χ1v) is 10.8. The van der Waals surface area contributed by atoms with Crippen molar-refractivity contribution in [3.8, 4) is 0 Å². The fourth-order valence-corrected chi connectivity index (χ4v) is 4.39. The summed E-state index contributed by atoms with van der Waals surface area (Å²) in [4.78, 5) is 26.7. The van der Waals surface area contributed by atoms with E-state index in [-0.39, 0.29) is 22.6 Å². The number of rotatable bonds is 4. The number of carbonyl (C=O) groups is 2. The fraction of sp³-hybridized carbons (Fsp3) is 0.273. The summed E-state index contributed by atoms with van der Waals surface area (Å²) in [5.74, 6) is -0.851. The number of piperidine rings is 1. The fourth-order valence-electron chi connectivity index (χ4n) is 3.48. The number of carbonyl (C=O) groups excluding carboxylic acids is 2. The standard InChI is InChI=1S/C22H22FN5O2S/c1-14-5-4-6-16(13-14)24-22(30)28-11-9-15(10-12-28)20-26-27-21(31-20)19(29)25-18-8-3-2-7-17(18)23/h2-8,13,15H,9-12H2,1H3,(H,24,30)(H,25,29). The number of hydrogen-bond donors (Lipinski definition) is 2. The quantitative estimate of drug-likeness (QED) is 0.620. The van der Waals surface area contributed by atoms with Gasteiger partial charge in [0.25, 0.3) is 5.91 Å². The molecule has 2 N–H and O–H groups in total. The number of para-hydroxylation sites is 1. The Labute approximate surface area is 183 Å². The molecule has 4 rings (SSSR count). The van der Waals surface area contributed by atoms with Gasteiger partial charge in [-0.3, -0.25) is 4.79 Å². The molecule has 0 spiro atoms. The number of aromatic nitrogens is 2. The van der Waals surface area contributed by atoms with Gasteiger partial charge in [-0.05, 0) is 49.6 Å². The van der Waals surface area contributed by atoms with E-state index < -0.39 is 11.7 Å². The lowest BCUT2D eigenvalue weighted by Crippen LogP contribution is -2.40. The molecule has 31 heavy (non-hydrogen) atoms. The number of aryl methyl sites for hydroxylation is 1. The van der Waals surface area contributed by atoms with Crippen LogP contribution in [0.25, 0.3) is 0 Å². The van der Waals surface area contributed by atoms with Crippen molar-refractivity contribution in [1.29, 1.82) is 0 Å². The first-order chi connectivity index (χ1) is 15.0. The maximum absolute atomic E-state index is 13.7. The van der Waals surface area contributed by atoms with E-state index in [4.69, 9.17) is 0 Å². The maximum Gasteiger partial charge on any atom is 0.321 e. The topological polar surface area (TPSA) is 87.2 Å². The second-order valence-electron chi connectivity index (χ2n) is 7.44.